The predicted molar refractivity (Wildman–Crippen MR) is 92.4 cm³/mol. The Kier molecular flexibility index (Phi) is 4.58. The third-order valence-electron chi connectivity index (χ3n) is 4.32. The van der Waals surface area contributed by atoms with Crippen molar-refractivity contribution in [3.05, 3.63) is 64.7 Å². The van der Waals surface area contributed by atoms with Crippen molar-refractivity contribution in [2.45, 2.75) is 23.8 Å². The van der Waals surface area contributed by atoms with Crippen molar-refractivity contribution in [3.63, 3.8) is 0 Å². The molecule has 0 aromatic heterocycles. The highest BCUT2D eigenvalue weighted by Crippen LogP contribution is 2.40. The van der Waals surface area contributed by atoms with Crippen LogP contribution in [0.1, 0.15) is 30.0 Å². The Balaban J connectivity index is 1.73. The van der Waals surface area contributed by atoms with E-state index < -0.39 is 0 Å². The number of likely N-dealkylation sites (N-methyl/N-ethyl adjacent to an activating group) is 1. The van der Waals surface area contributed by atoms with E-state index >= 15 is 0 Å². The molecule has 0 fully saturated rings. The zero-order chi connectivity index (χ0) is 14.8. The lowest BCUT2D eigenvalue weighted by Gasteiger charge is -2.28. The van der Waals surface area contributed by atoms with E-state index in [2.05, 4.69) is 55.3 Å². The number of hydrogen-bond donors (Lipinski definition) is 0. The second-order valence-electron chi connectivity index (χ2n) is 5.68. The predicted octanol–water partition coefficient (Wildman–Crippen LogP) is 5.22. The monoisotopic (exact) mass is 317 g/mol. The average molecular weight is 318 g/mol. The Bertz CT molecular complexity index is 628. The molecule has 1 aliphatic heterocycles. The topological polar surface area (TPSA) is 3.24 Å². The van der Waals surface area contributed by atoms with Gasteiger partial charge in [-0.1, -0.05) is 48.0 Å². The summed E-state index contributed by atoms with van der Waals surface area (Å²) in [6.07, 6.45) is 0. The zero-order valence-corrected chi connectivity index (χ0v) is 14.0. The molecule has 0 saturated carbocycles. The molecule has 2 atom stereocenters. The quantitative estimate of drug-likeness (QED) is 0.760. The summed E-state index contributed by atoms with van der Waals surface area (Å²) in [6.45, 7) is 3.30. The van der Waals surface area contributed by atoms with Crippen molar-refractivity contribution >= 4 is 23.4 Å². The number of fused-ring (bicyclic) bond motifs is 1. The molecule has 2 aromatic carbocycles. The van der Waals surface area contributed by atoms with Gasteiger partial charge in [-0.3, -0.25) is 4.90 Å². The third kappa shape index (κ3) is 3.13. The number of benzene rings is 2. The first kappa shape index (κ1) is 15.0. The Labute approximate surface area is 136 Å². The van der Waals surface area contributed by atoms with Crippen LogP contribution in [0.5, 0.6) is 0 Å². The van der Waals surface area contributed by atoms with Gasteiger partial charge in [0, 0.05) is 34.2 Å². The summed E-state index contributed by atoms with van der Waals surface area (Å²) in [5.41, 5.74) is 2.71. The Hall–Kier alpha value is -0.960. The second-order valence-corrected chi connectivity index (χ2v) is 7.15. The van der Waals surface area contributed by atoms with E-state index in [1.54, 1.807) is 0 Å². The van der Waals surface area contributed by atoms with Gasteiger partial charge in [-0.2, -0.15) is 0 Å². The maximum Gasteiger partial charge on any atom is 0.0453 e. The van der Waals surface area contributed by atoms with E-state index in [1.165, 1.54) is 21.8 Å². The summed E-state index contributed by atoms with van der Waals surface area (Å²) in [4.78, 5) is 3.86. The molecule has 0 saturated heterocycles. The van der Waals surface area contributed by atoms with Gasteiger partial charge >= 0.3 is 0 Å². The standard InChI is InChI=1S/C18H20ClNS/c1-13(15-7-3-5-9-17(15)19)20(2)11-14-12-21-18-10-6-4-8-16(14)18/h3-10,13-14H,11-12H2,1-2H3. The number of halogens is 1. The lowest BCUT2D eigenvalue weighted by atomic mass is 9.99. The lowest BCUT2D eigenvalue weighted by Crippen LogP contribution is -2.28. The molecule has 0 aliphatic carbocycles. The van der Waals surface area contributed by atoms with E-state index in [1.807, 2.05) is 23.9 Å². The molecule has 0 bridgehead atoms. The molecule has 1 nitrogen and oxygen atoms in total. The van der Waals surface area contributed by atoms with Crippen molar-refractivity contribution in [3.8, 4) is 0 Å². The Morgan fingerprint density at radius 3 is 2.71 bits per heavy atom. The van der Waals surface area contributed by atoms with Crippen LogP contribution in [0.15, 0.2) is 53.4 Å². The van der Waals surface area contributed by atoms with Gasteiger partial charge in [-0.15, -0.1) is 11.8 Å². The van der Waals surface area contributed by atoms with Crippen LogP contribution in [-0.4, -0.2) is 24.2 Å². The van der Waals surface area contributed by atoms with Crippen LogP contribution in [0.4, 0.5) is 0 Å². The Morgan fingerprint density at radius 2 is 1.90 bits per heavy atom. The molecule has 2 unspecified atom stereocenters. The van der Waals surface area contributed by atoms with Crippen LogP contribution in [0.2, 0.25) is 5.02 Å². The van der Waals surface area contributed by atoms with Crippen molar-refractivity contribution in [1.29, 1.82) is 0 Å². The van der Waals surface area contributed by atoms with Gasteiger partial charge in [0.05, 0.1) is 0 Å². The van der Waals surface area contributed by atoms with Crippen molar-refractivity contribution in [2.75, 3.05) is 19.3 Å². The third-order valence-corrected chi connectivity index (χ3v) is 5.92. The maximum absolute atomic E-state index is 6.33. The fraction of sp³-hybridized carbons (Fsp3) is 0.333. The molecule has 3 heteroatoms. The van der Waals surface area contributed by atoms with Crippen LogP contribution in [0.25, 0.3) is 0 Å². The summed E-state index contributed by atoms with van der Waals surface area (Å²) in [5.74, 6) is 1.79. The van der Waals surface area contributed by atoms with Crippen LogP contribution in [0.3, 0.4) is 0 Å². The molecule has 1 aliphatic rings. The van der Waals surface area contributed by atoms with E-state index in [4.69, 9.17) is 11.6 Å². The maximum atomic E-state index is 6.33. The van der Waals surface area contributed by atoms with E-state index in [0.29, 0.717) is 12.0 Å². The molecule has 3 rings (SSSR count). The number of thioether (sulfide) groups is 1. The van der Waals surface area contributed by atoms with Gasteiger partial charge in [-0.25, -0.2) is 0 Å². The molecule has 2 aromatic rings. The molecule has 0 radical (unpaired) electrons. The van der Waals surface area contributed by atoms with Crippen LogP contribution in [-0.2, 0) is 0 Å². The van der Waals surface area contributed by atoms with Crippen LogP contribution >= 0.6 is 23.4 Å². The minimum absolute atomic E-state index is 0.330. The first-order valence-electron chi connectivity index (χ1n) is 7.33. The van der Waals surface area contributed by atoms with E-state index in [-0.39, 0.29) is 0 Å². The van der Waals surface area contributed by atoms with Crippen molar-refractivity contribution in [2.24, 2.45) is 0 Å². The van der Waals surface area contributed by atoms with Crippen LogP contribution in [0, 0.1) is 0 Å². The zero-order valence-electron chi connectivity index (χ0n) is 12.4. The smallest absolute Gasteiger partial charge is 0.0453 e. The molecule has 110 valence electrons. The lowest BCUT2D eigenvalue weighted by molar-refractivity contribution is 0.250. The minimum Gasteiger partial charge on any atom is -0.299 e. The van der Waals surface area contributed by atoms with E-state index in [0.717, 1.165) is 11.6 Å². The molecular weight excluding hydrogens is 298 g/mol. The SMILES string of the molecule is CC(c1ccccc1Cl)N(C)CC1CSc2ccccc21. The first-order valence-corrected chi connectivity index (χ1v) is 8.69. The molecule has 0 spiro atoms. The molecule has 0 amide bonds. The number of nitrogens with zero attached hydrogens (tertiary/aromatic N) is 1. The van der Waals surface area contributed by atoms with Crippen molar-refractivity contribution in [1.82, 2.24) is 4.90 Å². The summed E-state index contributed by atoms with van der Waals surface area (Å²) < 4.78 is 0. The molecular formula is C18H20ClNS. The van der Waals surface area contributed by atoms with Gasteiger partial charge in [-0.05, 0) is 37.2 Å². The van der Waals surface area contributed by atoms with Gasteiger partial charge in [0.15, 0.2) is 0 Å². The molecule has 1 heterocycles. The van der Waals surface area contributed by atoms with Crippen molar-refractivity contribution < 1.29 is 0 Å². The highest BCUT2D eigenvalue weighted by Gasteiger charge is 2.25. The fourth-order valence-corrected chi connectivity index (χ4v) is 4.47. The van der Waals surface area contributed by atoms with Gasteiger partial charge in [0.1, 0.15) is 0 Å². The highest BCUT2D eigenvalue weighted by atomic mass is 35.5. The Morgan fingerprint density at radius 1 is 1.19 bits per heavy atom. The van der Waals surface area contributed by atoms with Gasteiger partial charge in [0.25, 0.3) is 0 Å². The molecule has 21 heavy (non-hydrogen) atoms. The van der Waals surface area contributed by atoms with Gasteiger partial charge in [0.2, 0.25) is 0 Å². The van der Waals surface area contributed by atoms with E-state index in [9.17, 15) is 0 Å². The fourth-order valence-electron chi connectivity index (χ4n) is 2.94. The molecule has 0 N–H and O–H groups in total. The summed E-state index contributed by atoms with van der Waals surface area (Å²) in [7, 11) is 2.19. The normalized spacial score (nSPS) is 18.8. The van der Waals surface area contributed by atoms with Crippen LogP contribution < -0.4 is 0 Å². The summed E-state index contributed by atoms with van der Waals surface area (Å²) in [6, 6.07) is 17.3. The number of rotatable bonds is 4. The highest BCUT2D eigenvalue weighted by molar-refractivity contribution is 7.99. The minimum atomic E-state index is 0.330. The number of hydrogen-bond acceptors (Lipinski definition) is 2. The van der Waals surface area contributed by atoms with Gasteiger partial charge < -0.3 is 0 Å². The first-order chi connectivity index (χ1) is 10.2. The second kappa shape index (κ2) is 6.43. The summed E-state index contributed by atoms with van der Waals surface area (Å²) in [5, 5.41) is 0.859. The average Bonchev–Trinajstić information content (AvgIpc) is 2.90. The summed E-state index contributed by atoms with van der Waals surface area (Å²) >= 11 is 8.31. The largest absolute Gasteiger partial charge is 0.299 e.